The van der Waals surface area contributed by atoms with E-state index < -0.39 is 0 Å². The zero-order valence-corrected chi connectivity index (χ0v) is 17.6. The van der Waals surface area contributed by atoms with Crippen LogP contribution in [0.1, 0.15) is 48.0 Å². The summed E-state index contributed by atoms with van der Waals surface area (Å²) in [6, 6.07) is 14.1. The lowest BCUT2D eigenvalue weighted by Crippen LogP contribution is -2.37. The first-order valence-electron chi connectivity index (χ1n) is 10.7. The van der Waals surface area contributed by atoms with Crippen LogP contribution in [0.15, 0.2) is 54.7 Å². The summed E-state index contributed by atoms with van der Waals surface area (Å²) in [4.78, 5) is 17.0. The molecule has 3 aromatic rings. The lowest BCUT2D eigenvalue weighted by atomic mass is 9.88. The van der Waals surface area contributed by atoms with Crippen molar-refractivity contribution in [3.05, 3.63) is 76.7 Å². The van der Waals surface area contributed by atoms with Crippen LogP contribution in [0.5, 0.6) is 0 Å². The molecule has 5 atom stereocenters. The summed E-state index contributed by atoms with van der Waals surface area (Å²) >= 11 is 5.93. The van der Waals surface area contributed by atoms with Crippen molar-refractivity contribution < 1.29 is 9.18 Å². The quantitative estimate of drug-likeness (QED) is 0.549. The number of fused-ring (bicyclic) bond motifs is 2. The lowest BCUT2D eigenvalue weighted by Gasteiger charge is -2.22. The van der Waals surface area contributed by atoms with Crippen molar-refractivity contribution in [3.8, 4) is 0 Å². The van der Waals surface area contributed by atoms with Crippen molar-refractivity contribution in [1.29, 1.82) is 0 Å². The average Bonchev–Trinajstić information content (AvgIpc) is 3.23. The minimum Gasteiger partial charge on any atom is -0.349 e. The number of carbonyl (C=O) groups is 1. The van der Waals surface area contributed by atoms with Gasteiger partial charge < -0.3 is 5.32 Å². The van der Waals surface area contributed by atoms with Gasteiger partial charge in [-0.3, -0.25) is 9.78 Å². The predicted molar refractivity (Wildman–Crippen MR) is 117 cm³/mol. The molecule has 5 rings (SSSR count). The fraction of sp³-hybridized carbons (Fsp3) is 0.360. The first kappa shape index (κ1) is 19.5. The summed E-state index contributed by atoms with van der Waals surface area (Å²) in [6.07, 6.45) is 4.94. The predicted octanol–water partition coefficient (Wildman–Crippen LogP) is 5.98. The number of aromatic nitrogens is 1. The van der Waals surface area contributed by atoms with Gasteiger partial charge in [-0.05, 0) is 97.0 Å². The molecule has 0 saturated heterocycles. The summed E-state index contributed by atoms with van der Waals surface area (Å²) < 4.78 is 13.8. The molecular weight excluding hydrogens is 399 g/mol. The Bertz CT molecular complexity index is 1090. The first-order chi connectivity index (χ1) is 14.5. The number of hydrogen-bond acceptors (Lipinski definition) is 2. The molecule has 2 aromatic carbocycles. The van der Waals surface area contributed by atoms with Gasteiger partial charge in [0.15, 0.2) is 0 Å². The highest BCUT2D eigenvalue weighted by Gasteiger charge is 2.58. The summed E-state index contributed by atoms with van der Waals surface area (Å²) in [5, 5.41) is 4.81. The Labute approximate surface area is 180 Å². The Kier molecular flexibility index (Phi) is 4.98. The van der Waals surface area contributed by atoms with Crippen LogP contribution >= 0.6 is 11.6 Å². The van der Waals surface area contributed by atoms with Crippen molar-refractivity contribution in [2.75, 3.05) is 0 Å². The van der Waals surface area contributed by atoms with E-state index in [1.165, 1.54) is 11.6 Å². The molecule has 2 aliphatic carbocycles. The molecule has 2 saturated carbocycles. The van der Waals surface area contributed by atoms with Crippen LogP contribution in [0, 0.1) is 23.6 Å². The molecule has 1 N–H and O–H groups in total. The van der Waals surface area contributed by atoms with Crippen molar-refractivity contribution in [3.63, 3.8) is 0 Å². The second-order valence-corrected chi connectivity index (χ2v) is 9.07. The molecule has 3 nitrogen and oxygen atoms in total. The Balaban J connectivity index is 1.27. The Morgan fingerprint density at radius 3 is 2.60 bits per heavy atom. The maximum atomic E-state index is 13.8. The highest BCUT2D eigenvalue weighted by atomic mass is 35.5. The largest absolute Gasteiger partial charge is 0.349 e. The molecule has 0 aliphatic heterocycles. The summed E-state index contributed by atoms with van der Waals surface area (Å²) in [6.45, 7) is 2.14. The van der Waals surface area contributed by atoms with Crippen molar-refractivity contribution >= 4 is 28.4 Å². The molecule has 1 aromatic heterocycles. The van der Waals surface area contributed by atoms with E-state index in [9.17, 15) is 9.18 Å². The Morgan fingerprint density at radius 2 is 1.90 bits per heavy atom. The number of hydrogen-bond donors (Lipinski definition) is 1. The maximum absolute atomic E-state index is 13.8. The highest BCUT2D eigenvalue weighted by Crippen LogP contribution is 2.64. The molecule has 0 spiro atoms. The topological polar surface area (TPSA) is 42.0 Å². The van der Waals surface area contributed by atoms with Crippen LogP contribution < -0.4 is 5.32 Å². The van der Waals surface area contributed by atoms with Gasteiger partial charge in [0.2, 0.25) is 0 Å². The number of rotatable bonds is 5. The monoisotopic (exact) mass is 422 g/mol. The smallest absolute Gasteiger partial charge is 0.251 e. The van der Waals surface area contributed by atoms with E-state index in [1.807, 2.05) is 12.3 Å². The van der Waals surface area contributed by atoms with Gasteiger partial charge >= 0.3 is 0 Å². The number of carbonyl (C=O) groups excluding carboxylic acids is 1. The molecule has 30 heavy (non-hydrogen) atoms. The van der Waals surface area contributed by atoms with Crippen LogP contribution in [-0.2, 0) is 0 Å². The molecule has 2 unspecified atom stereocenters. The van der Waals surface area contributed by atoms with E-state index in [0.717, 1.165) is 30.2 Å². The zero-order chi connectivity index (χ0) is 20.8. The number of nitrogens with one attached hydrogen (secondary N) is 1. The van der Waals surface area contributed by atoms with Gasteiger partial charge in [0.1, 0.15) is 5.82 Å². The molecule has 154 valence electrons. The molecule has 2 aliphatic rings. The van der Waals surface area contributed by atoms with Crippen LogP contribution in [0.25, 0.3) is 10.9 Å². The number of pyridine rings is 1. The summed E-state index contributed by atoms with van der Waals surface area (Å²) in [5.74, 6) is 1.98. The molecule has 1 amide bonds. The van der Waals surface area contributed by atoms with E-state index in [0.29, 0.717) is 34.3 Å². The Hall–Kier alpha value is -2.46. The van der Waals surface area contributed by atoms with Crippen LogP contribution in [0.4, 0.5) is 4.39 Å². The molecule has 0 bridgehead atoms. The molecule has 1 heterocycles. The van der Waals surface area contributed by atoms with Gasteiger partial charge in [-0.15, -0.1) is 0 Å². The standard InChI is InChI=1S/C25H24ClFN2O/c1-2-22(29-25(30)14-3-5-16(26)6-4-14)24-20-11-15(12-21(20)24)18-9-10-28-23-8-7-17(27)13-19(18)23/h3-10,13,15,20-22,24H,2,11-12H2,1H3,(H,29,30)/t15?,20-,21+,22-,24?/m1/s1. The van der Waals surface area contributed by atoms with Crippen LogP contribution in [0.3, 0.4) is 0 Å². The van der Waals surface area contributed by atoms with E-state index in [2.05, 4.69) is 17.2 Å². The van der Waals surface area contributed by atoms with Gasteiger partial charge in [-0.25, -0.2) is 4.39 Å². The zero-order valence-electron chi connectivity index (χ0n) is 16.8. The van der Waals surface area contributed by atoms with Crippen LogP contribution in [0.2, 0.25) is 5.02 Å². The van der Waals surface area contributed by atoms with Gasteiger partial charge in [-0.1, -0.05) is 18.5 Å². The summed E-state index contributed by atoms with van der Waals surface area (Å²) in [7, 11) is 0. The van der Waals surface area contributed by atoms with E-state index >= 15 is 0 Å². The molecule has 0 radical (unpaired) electrons. The van der Waals surface area contributed by atoms with Crippen molar-refractivity contribution in [2.24, 2.45) is 17.8 Å². The Morgan fingerprint density at radius 1 is 1.17 bits per heavy atom. The number of benzene rings is 2. The number of halogens is 2. The van der Waals surface area contributed by atoms with E-state index in [1.54, 1.807) is 36.4 Å². The fourth-order valence-electron chi connectivity index (χ4n) is 5.56. The molecule has 5 heteroatoms. The van der Waals surface area contributed by atoms with Crippen molar-refractivity contribution in [2.45, 2.75) is 38.1 Å². The second kappa shape index (κ2) is 7.66. The maximum Gasteiger partial charge on any atom is 0.251 e. The van der Waals surface area contributed by atoms with Gasteiger partial charge in [0, 0.05) is 28.2 Å². The highest BCUT2D eigenvalue weighted by molar-refractivity contribution is 6.30. The number of amides is 1. The molecule has 2 fully saturated rings. The lowest BCUT2D eigenvalue weighted by molar-refractivity contribution is 0.0927. The van der Waals surface area contributed by atoms with Crippen LogP contribution in [-0.4, -0.2) is 16.9 Å². The minimum absolute atomic E-state index is 0.0318. The van der Waals surface area contributed by atoms with E-state index in [-0.39, 0.29) is 17.8 Å². The third kappa shape index (κ3) is 3.47. The van der Waals surface area contributed by atoms with Crippen molar-refractivity contribution in [1.82, 2.24) is 10.3 Å². The first-order valence-corrected chi connectivity index (χ1v) is 11.0. The van der Waals surface area contributed by atoms with E-state index in [4.69, 9.17) is 11.6 Å². The normalized spacial score (nSPS) is 25.7. The average molecular weight is 423 g/mol. The fourth-order valence-corrected chi connectivity index (χ4v) is 5.69. The second-order valence-electron chi connectivity index (χ2n) is 8.63. The number of nitrogens with zero attached hydrogens (tertiary/aromatic N) is 1. The summed E-state index contributed by atoms with van der Waals surface area (Å²) in [5.41, 5.74) is 2.71. The third-order valence-corrected chi connectivity index (χ3v) is 7.27. The van der Waals surface area contributed by atoms with Gasteiger partial charge in [-0.2, -0.15) is 0 Å². The van der Waals surface area contributed by atoms with Gasteiger partial charge in [0.05, 0.1) is 5.52 Å². The minimum atomic E-state index is -0.214. The SMILES string of the molecule is CC[C@@H](NC(=O)c1ccc(Cl)cc1)C1[C@H]2CC(c3ccnc4ccc(F)cc34)C[C@@H]12. The molecular formula is C25H24ClFN2O. The van der Waals surface area contributed by atoms with Gasteiger partial charge in [0.25, 0.3) is 5.91 Å². The third-order valence-electron chi connectivity index (χ3n) is 7.02.